The molecule has 2 fully saturated rings. The molecule has 2 aliphatic rings. The van der Waals surface area contributed by atoms with Gasteiger partial charge in [-0.25, -0.2) is 4.79 Å². The fourth-order valence-corrected chi connectivity index (χ4v) is 2.99. The molecular weight excluding hydrogens is 234 g/mol. The molecule has 0 saturated carbocycles. The Balaban J connectivity index is 2.07. The number of rotatable bonds is 1. The Hall–Kier alpha value is -1.26. The van der Waals surface area contributed by atoms with Gasteiger partial charge < -0.3 is 14.4 Å². The van der Waals surface area contributed by atoms with E-state index in [1.165, 1.54) is 7.11 Å². The van der Waals surface area contributed by atoms with Crippen LogP contribution >= 0.6 is 0 Å². The lowest BCUT2D eigenvalue weighted by atomic mass is 9.89. The van der Waals surface area contributed by atoms with Crippen molar-refractivity contribution < 1.29 is 19.1 Å². The molecule has 1 amide bonds. The predicted octanol–water partition coefficient (Wildman–Crippen LogP) is 1.95. The van der Waals surface area contributed by atoms with E-state index in [2.05, 4.69) is 0 Å². The van der Waals surface area contributed by atoms with Gasteiger partial charge in [0.25, 0.3) is 0 Å². The number of hydrogen-bond donors (Lipinski definition) is 0. The Labute approximate surface area is 107 Å². The van der Waals surface area contributed by atoms with E-state index in [0.29, 0.717) is 6.42 Å². The van der Waals surface area contributed by atoms with Crippen molar-refractivity contribution in [3.63, 3.8) is 0 Å². The van der Waals surface area contributed by atoms with E-state index in [1.54, 1.807) is 4.90 Å². The van der Waals surface area contributed by atoms with Crippen LogP contribution in [0.4, 0.5) is 4.79 Å². The standard InChI is InChI=1S/C13H21NO4/c1-13(2,3)18-12(16)14-8-5-6-10(14)9(7-8)11(15)17-4/h8-10H,5-7H2,1-4H3. The largest absolute Gasteiger partial charge is 0.469 e. The summed E-state index contributed by atoms with van der Waals surface area (Å²) in [5, 5.41) is 0. The molecule has 0 spiro atoms. The molecule has 2 heterocycles. The third-order valence-electron chi connectivity index (χ3n) is 3.65. The van der Waals surface area contributed by atoms with Crippen molar-refractivity contribution in [2.45, 2.75) is 57.7 Å². The summed E-state index contributed by atoms with van der Waals surface area (Å²) in [4.78, 5) is 25.5. The third kappa shape index (κ3) is 2.31. The Morgan fingerprint density at radius 3 is 2.44 bits per heavy atom. The zero-order valence-corrected chi connectivity index (χ0v) is 11.4. The average Bonchev–Trinajstić information content (AvgIpc) is 2.82. The number of amides is 1. The smallest absolute Gasteiger partial charge is 0.410 e. The molecular formula is C13H21NO4. The number of esters is 1. The van der Waals surface area contributed by atoms with Crippen LogP contribution in [0, 0.1) is 5.92 Å². The Bertz CT molecular complexity index is 360. The van der Waals surface area contributed by atoms with Crippen LogP contribution in [0.5, 0.6) is 0 Å². The van der Waals surface area contributed by atoms with E-state index in [1.807, 2.05) is 20.8 Å². The summed E-state index contributed by atoms with van der Waals surface area (Å²) in [6.45, 7) is 5.54. The molecule has 3 unspecified atom stereocenters. The Morgan fingerprint density at radius 1 is 1.22 bits per heavy atom. The fourth-order valence-electron chi connectivity index (χ4n) is 2.99. The third-order valence-corrected chi connectivity index (χ3v) is 3.65. The highest BCUT2D eigenvalue weighted by Gasteiger charge is 2.52. The van der Waals surface area contributed by atoms with E-state index in [0.717, 1.165) is 12.8 Å². The fraction of sp³-hybridized carbons (Fsp3) is 0.846. The molecule has 2 saturated heterocycles. The number of ether oxygens (including phenoxy) is 2. The van der Waals surface area contributed by atoms with Gasteiger partial charge in [0, 0.05) is 12.1 Å². The monoisotopic (exact) mass is 255 g/mol. The maximum atomic E-state index is 12.1. The normalized spacial score (nSPS) is 30.4. The Morgan fingerprint density at radius 2 is 1.89 bits per heavy atom. The van der Waals surface area contributed by atoms with E-state index in [9.17, 15) is 9.59 Å². The highest BCUT2D eigenvalue weighted by molar-refractivity contribution is 5.77. The quantitative estimate of drug-likeness (QED) is 0.672. The summed E-state index contributed by atoms with van der Waals surface area (Å²) in [7, 11) is 1.39. The Kier molecular flexibility index (Phi) is 3.25. The van der Waals surface area contributed by atoms with Crippen molar-refractivity contribution >= 4 is 12.1 Å². The van der Waals surface area contributed by atoms with Crippen LogP contribution in [0.15, 0.2) is 0 Å². The van der Waals surface area contributed by atoms with Crippen molar-refractivity contribution in [3.05, 3.63) is 0 Å². The zero-order chi connectivity index (χ0) is 13.5. The van der Waals surface area contributed by atoms with Crippen molar-refractivity contribution in [3.8, 4) is 0 Å². The molecule has 2 aliphatic heterocycles. The summed E-state index contributed by atoms with van der Waals surface area (Å²) in [5.41, 5.74) is -0.500. The predicted molar refractivity (Wildman–Crippen MR) is 65.0 cm³/mol. The van der Waals surface area contributed by atoms with Crippen molar-refractivity contribution in [2.24, 2.45) is 5.92 Å². The minimum atomic E-state index is -0.500. The van der Waals surface area contributed by atoms with Crippen molar-refractivity contribution in [1.82, 2.24) is 4.90 Å². The van der Waals surface area contributed by atoms with E-state index < -0.39 is 5.60 Å². The van der Waals surface area contributed by atoms with Crippen LogP contribution < -0.4 is 0 Å². The number of carbonyl (C=O) groups is 2. The second kappa shape index (κ2) is 4.44. The highest BCUT2D eigenvalue weighted by Crippen LogP contribution is 2.42. The van der Waals surface area contributed by atoms with Crippen LogP contribution in [0.3, 0.4) is 0 Å². The first-order valence-electron chi connectivity index (χ1n) is 6.42. The minimum Gasteiger partial charge on any atom is -0.469 e. The highest BCUT2D eigenvalue weighted by atomic mass is 16.6. The van der Waals surface area contributed by atoms with Gasteiger partial charge in [-0.05, 0) is 40.0 Å². The van der Waals surface area contributed by atoms with Crippen LogP contribution in [0.2, 0.25) is 0 Å². The summed E-state index contributed by atoms with van der Waals surface area (Å²) in [5.74, 6) is -0.392. The van der Waals surface area contributed by atoms with Gasteiger partial charge in [0.1, 0.15) is 5.60 Å². The SMILES string of the molecule is COC(=O)C1CC2CCC1N2C(=O)OC(C)(C)C. The first-order valence-corrected chi connectivity index (χ1v) is 6.42. The molecule has 2 rings (SSSR count). The number of carbonyl (C=O) groups excluding carboxylic acids is 2. The van der Waals surface area contributed by atoms with Crippen molar-refractivity contribution in [2.75, 3.05) is 7.11 Å². The molecule has 5 heteroatoms. The van der Waals surface area contributed by atoms with E-state index in [-0.39, 0.29) is 30.1 Å². The maximum absolute atomic E-state index is 12.1. The molecule has 0 radical (unpaired) electrons. The summed E-state index contributed by atoms with van der Waals surface area (Å²) >= 11 is 0. The van der Waals surface area contributed by atoms with Gasteiger partial charge >= 0.3 is 12.1 Å². The summed E-state index contributed by atoms with van der Waals surface area (Å²) in [6, 6.07) is 0.0891. The van der Waals surface area contributed by atoms with Gasteiger partial charge in [-0.2, -0.15) is 0 Å². The molecule has 0 aliphatic carbocycles. The lowest BCUT2D eigenvalue weighted by molar-refractivity contribution is -0.146. The summed E-state index contributed by atoms with van der Waals surface area (Å²) in [6.07, 6.45) is 2.22. The lowest BCUT2D eigenvalue weighted by Gasteiger charge is -2.27. The molecule has 0 aromatic carbocycles. The van der Waals surface area contributed by atoms with Gasteiger partial charge in [-0.3, -0.25) is 4.79 Å². The second-order valence-electron chi connectivity index (χ2n) is 6.05. The minimum absolute atomic E-state index is 0.0442. The molecule has 0 aromatic heterocycles. The van der Waals surface area contributed by atoms with Crippen LogP contribution in [0.1, 0.15) is 40.0 Å². The van der Waals surface area contributed by atoms with E-state index in [4.69, 9.17) is 9.47 Å². The van der Waals surface area contributed by atoms with Crippen molar-refractivity contribution in [1.29, 1.82) is 0 Å². The molecule has 102 valence electrons. The number of fused-ring (bicyclic) bond motifs is 2. The first kappa shape index (κ1) is 13.2. The lowest BCUT2D eigenvalue weighted by Crippen LogP contribution is -2.41. The molecule has 0 N–H and O–H groups in total. The molecule has 2 bridgehead atoms. The zero-order valence-electron chi connectivity index (χ0n) is 11.4. The van der Waals surface area contributed by atoms with Gasteiger partial charge in [0.15, 0.2) is 0 Å². The maximum Gasteiger partial charge on any atom is 0.410 e. The second-order valence-corrected chi connectivity index (χ2v) is 6.05. The first-order chi connectivity index (χ1) is 8.33. The molecule has 3 atom stereocenters. The average molecular weight is 255 g/mol. The molecule has 18 heavy (non-hydrogen) atoms. The topological polar surface area (TPSA) is 55.8 Å². The van der Waals surface area contributed by atoms with Gasteiger partial charge in [0.05, 0.1) is 13.0 Å². The van der Waals surface area contributed by atoms with Crippen LogP contribution in [-0.2, 0) is 14.3 Å². The van der Waals surface area contributed by atoms with Crippen LogP contribution in [-0.4, -0.2) is 41.8 Å². The van der Waals surface area contributed by atoms with E-state index >= 15 is 0 Å². The van der Waals surface area contributed by atoms with Gasteiger partial charge in [0.2, 0.25) is 0 Å². The number of nitrogens with zero attached hydrogens (tertiary/aromatic N) is 1. The number of methoxy groups -OCH3 is 1. The van der Waals surface area contributed by atoms with Gasteiger partial charge in [-0.15, -0.1) is 0 Å². The molecule has 5 nitrogen and oxygen atoms in total. The van der Waals surface area contributed by atoms with Gasteiger partial charge in [-0.1, -0.05) is 0 Å². The molecule has 0 aromatic rings. The van der Waals surface area contributed by atoms with Crippen LogP contribution in [0.25, 0.3) is 0 Å². The number of hydrogen-bond acceptors (Lipinski definition) is 4. The summed E-state index contributed by atoms with van der Waals surface area (Å²) < 4.78 is 10.2.